The topological polar surface area (TPSA) is 79.0 Å². The largest absolute Gasteiger partial charge is 0.488 e. The van der Waals surface area contributed by atoms with E-state index in [1.54, 1.807) is 12.3 Å². The van der Waals surface area contributed by atoms with Crippen molar-refractivity contribution in [1.82, 2.24) is 9.97 Å². The highest BCUT2D eigenvalue weighted by Crippen LogP contribution is 2.38. The minimum absolute atomic E-state index is 0.0128. The van der Waals surface area contributed by atoms with Crippen LogP contribution in [0.25, 0.3) is 22.2 Å². The standard InChI is InChI=1S/C27H24ClN3O2/c1-17-11-20(27(2,3)16-32)21(28)12-19(17)23-13-25(33-15-18-7-5-4-6-8-18)26-22(31-23)9-10-30-24(26)14-29/h4-13,32H,15-16H2,1-3H3. The molecule has 1 N–H and O–H groups in total. The minimum Gasteiger partial charge on any atom is -0.488 e. The number of hydrogen-bond acceptors (Lipinski definition) is 5. The number of fused-ring (bicyclic) bond motifs is 1. The van der Waals surface area contributed by atoms with Crippen LogP contribution in [0, 0.1) is 18.3 Å². The second kappa shape index (κ2) is 9.19. The van der Waals surface area contributed by atoms with Crippen molar-refractivity contribution in [3.05, 3.63) is 88.2 Å². The molecule has 0 saturated heterocycles. The highest BCUT2D eigenvalue weighted by atomic mass is 35.5. The number of rotatable bonds is 6. The van der Waals surface area contributed by atoms with E-state index in [9.17, 15) is 10.4 Å². The van der Waals surface area contributed by atoms with Gasteiger partial charge in [0.2, 0.25) is 0 Å². The zero-order valence-electron chi connectivity index (χ0n) is 18.8. The van der Waals surface area contributed by atoms with Crippen LogP contribution in [0.2, 0.25) is 5.02 Å². The van der Waals surface area contributed by atoms with Crippen molar-refractivity contribution in [3.63, 3.8) is 0 Å². The van der Waals surface area contributed by atoms with Gasteiger partial charge in [0.25, 0.3) is 0 Å². The van der Waals surface area contributed by atoms with E-state index < -0.39 is 5.41 Å². The predicted molar refractivity (Wildman–Crippen MR) is 130 cm³/mol. The fourth-order valence-electron chi connectivity index (χ4n) is 3.78. The summed E-state index contributed by atoms with van der Waals surface area (Å²) in [5, 5.41) is 20.5. The Bertz CT molecular complexity index is 1360. The predicted octanol–water partition coefficient (Wildman–Crippen LogP) is 5.98. The van der Waals surface area contributed by atoms with Gasteiger partial charge in [-0.3, -0.25) is 0 Å². The van der Waals surface area contributed by atoms with Crippen molar-refractivity contribution in [2.24, 2.45) is 0 Å². The summed E-state index contributed by atoms with van der Waals surface area (Å²) in [7, 11) is 0. The van der Waals surface area contributed by atoms with Gasteiger partial charge in [0.05, 0.1) is 23.2 Å². The van der Waals surface area contributed by atoms with Crippen molar-refractivity contribution >= 4 is 22.5 Å². The van der Waals surface area contributed by atoms with Crippen LogP contribution >= 0.6 is 11.6 Å². The quantitative estimate of drug-likeness (QED) is 0.385. The molecule has 2 heterocycles. The van der Waals surface area contributed by atoms with Gasteiger partial charge >= 0.3 is 0 Å². The molecular weight excluding hydrogens is 434 g/mol. The summed E-state index contributed by atoms with van der Waals surface area (Å²) < 4.78 is 6.18. The molecule has 0 aliphatic rings. The molecule has 0 saturated carbocycles. The van der Waals surface area contributed by atoms with Crippen LogP contribution in [0.15, 0.2) is 60.8 Å². The molecule has 0 atom stereocenters. The third-order valence-corrected chi connectivity index (χ3v) is 6.05. The van der Waals surface area contributed by atoms with Crippen molar-refractivity contribution in [1.29, 1.82) is 5.26 Å². The lowest BCUT2D eigenvalue weighted by Crippen LogP contribution is -2.22. The first-order chi connectivity index (χ1) is 15.8. The fourth-order valence-corrected chi connectivity index (χ4v) is 4.20. The Kier molecular flexibility index (Phi) is 6.33. The zero-order chi connectivity index (χ0) is 23.6. The van der Waals surface area contributed by atoms with E-state index >= 15 is 0 Å². The van der Waals surface area contributed by atoms with Gasteiger partial charge in [0.1, 0.15) is 18.4 Å². The second-order valence-electron chi connectivity index (χ2n) is 8.63. The number of aromatic nitrogens is 2. The summed E-state index contributed by atoms with van der Waals surface area (Å²) >= 11 is 6.64. The Morgan fingerprint density at radius 3 is 2.58 bits per heavy atom. The molecule has 0 amide bonds. The van der Waals surface area contributed by atoms with Gasteiger partial charge < -0.3 is 9.84 Å². The van der Waals surface area contributed by atoms with Crippen molar-refractivity contribution in [2.75, 3.05) is 6.61 Å². The number of aliphatic hydroxyl groups excluding tert-OH is 1. The second-order valence-corrected chi connectivity index (χ2v) is 9.04. The molecule has 2 aromatic heterocycles. The van der Waals surface area contributed by atoms with E-state index in [1.807, 2.05) is 69.3 Å². The van der Waals surface area contributed by atoms with E-state index in [-0.39, 0.29) is 12.3 Å². The van der Waals surface area contributed by atoms with Crippen LogP contribution in [0.3, 0.4) is 0 Å². The fraction of sp³-hybridized carbons (Fsp3) is 0.222. The van der Waals surface area contributed by atoms with Crippen LogP contribution in [0.4, 0.5) is 0 Å². The van der Waals surface area contributed by atoms with Gasteiger partial charge in [-0.25, -0.2) is 9.97 Å². The molecule has 2 aromatic carbocycles. The number of benzene rings is 2. The number of aryl methyl sites for hydroxylation is 1. The van der Waals surface area contributed by atoms with E-state index in [4.69, 9.17) is 21.3 Å². The maximum atomic E-state index is 9.79. The number of halogens is 1. The van der Waals surface area contributed by atoms with Crippen molar-refractivity contribution < 1.29 is 9.84 Å². The van der Waals surface area contributed by atoms with Crippen LogP contribution in [0.1, 0.15) is 36.2 Å². The van der Waals surface area contributed by atoms with Gasteiger partial charge in [-0.2, -0.15) is 5.26 Å². The van der Waals surface area contributed by atoms with Crippen molar-refractivity contribution in [2.45, 2.75) is 32.8 Å². The van der Waals surface area contributed by atoms with Crippen LogP contribution in [0.5, 0.6) is 5.75 Å². The summed E-state index contributed by atoms with van der Waals surface area (Å²) in [6.07, 6.45) is 1.57. The third kappa shape index (κ3) is 4.54. The van der Waals surface area contributed by atoms with Gasteiger partial charge in [-0.15, -0.1) is 0 Å². The number of hydrogen-bond donors (Lipinski definition) is 1. The molecule has 6 heteroatoms. The Morgan fingerprint density at radius 1 is 1.12 bits per heavy atom. The van der Waals surface area contributed by atoms with Crippen LogP contribution in [-0.4, -0.2) is 21.7 Å². The van der Waals surface area contributed by atoms with Gasteiger partial charge in [-0.05, 0) is 35.7 Å². The minimum atomic E-state index is -0.464. The summed E-state index contributed by atoms with van der Waals surface area (Å²) in [4.78, 5) is 9.00. The summed E-state index contributed by atoms with van der Waals surface area (Å²) in [6.45, 7) is 6.23. The lowest BCUT2D eigenvalue weighted by atomic mass is 9.83. The SMILES string of the molecule is Cc1cc(C(C)(C)CO)c(Cl)cc1-c1cc(OCc2ccccc2)c2c(C#N)nccc2n1. The zero-order valence-corrected chi connectivity index (χ0v) is 19.5. The molecule has 0 radical (unpaired) electrons. The number of ether oxygens (including phenoxy) is 1. The van der Waals surface area contributed by atoms with Crippen molar-refractivity contribution in [3.8, 4) is 23.1 Å². The first kappa shape index (κ1) is 22.7. The van der Waals surface area contributed by atoms with E-state index in [1.165, 1.54) is 0 Å². The average molecular weight is 458 g/mol. The first-order valence-electron chi connectivity index (χ1n) is 10.6. The molecule has 5 nitrogen and oxygen atoms in total. The molecule has 0 aliphatic carbocycles. The first-order valence-corrected chi connectivity index (χ1v) is 11.0. The molecule has 4 aromatic rings. The molecule has 4 rings (SSSR count). The molecule has 0 unspecified atom stereocenters. The monoisotopic (exact) mass is 457 g/mol. The van der Waals surface area contributed by atoms with Gasteiger partial charge in [0, 0.05) is 28.3 Å². The lowest BCUT2D eigenvalue weighted by Gasteiger charge is -2.25. The van der Waals surface area contributed by atoms with Gasteiger partial charge in [-0.1, -0.05) is 61.8 Å². The average Bonchev–Trinajstić information content (AvgIpc) is 2.83. The molecule has 0 spiro atoms. The Balaban J connectivity index is 1.86. The summed E-state index contributed by atoms with van der Waals surface area (Å²) in [5.74, 6) is 0.541. The molecule has 166 valence electrons. The Morgan fingerprint density at radius 2 is 1.88 bits per heavy atom. The molecule has 33 heavy (non-hydrogen) atoms. The number of nitriles is 1. The number of nitrogens with zero attached hydrogens (tertiary/aromatic N) is 3. The van der Waals surface area contributed by atoms with E-state index in [0.717, 1.165) is 22.3 Å². The normalized spacial score (nSPS) is 11.4. The Hall–Kier alpha value is -3.46. The highest BCUT2D eigenvalue weighted by Gasteiger charge is 2.24. The van der Waals surface area contributed by atoms with E-state index in [2.05, 4.69) is 11.1 Å². The molecular formula is C27H24ClN3O2. The lowest BCUT2D eigenvalue weighted by molar-refractivity contribution is 0.218. The summed E-state index contributed by atoms with van der Waals surface area (Å²) in [6, 6.07) is 19.5. The molecule has 0 bridgehead atoms. The highest BCUT2D eigenvalue weighted by molar-refractivity contribution is 6.31. The third-order valence-electron chi connectivity index (χ3n) is 5.74. The number of pyridine rings is 2. The van der Waals surface area contributed by atoms with Crippen LogP contribution < -0.4 is 4.74 Å². The molecule has 0 fully saturated rings. The number of aliphatic hydroxyl groups is 1. The Labute approximate surface area is 198 Å². The smallest absolute Gasteiger partial charge is 0.153 e. The maximum absolute atomic E-state index is 9.79. The van der Waals surface area contributed by atoms with Gasteiger partial charge in [0.15, 0.2) is 5.69 Å². The summed E-state index contributed by atoms with van der Waals surface area (Å²) in [5.41, 5.74) is 4.85. The molecule has 0 aliphatic heterocycles. The van der Waals surface area contributed by atoms with Crippen LogP contribution in [-0.2, 0) is 12.0 Å². The maximum Gasteiger partial charge on any atom is 0.153 e. The van der Waals surface area contributed by atoms with E-state index in [0.29, 0.717) is 34.0 Å².